The van der Waals surface area contributed by atoms with Gasteiger partial charge < -0.3 is 19.9 Å². The van der Waals surface area contributed by atoms with Crippen LogP contribution in [0.25, 0.3) is 0 Å². The number of hydrogen-bond donors (Lipinski definition) is 5. The van der Waals surface area contributed by atoms with E-state index in [2.05, 4.69) is 38.7 Å². The van der Waals surface area contributed by atoms with Gasteiger partial charge >= 0.3 is 32.9 Å². The summed E-state index contributed by atoms with van der Waals surface area (Å²) in [6.45, 7) is 6.42. The Hall–Kier alpha value is -2.94. The molecule has 22 nitrogen and oxygen atoms in total. The van der Waals surface area contributed by atoms with Crippen LogP contribution in [0, 0.1) is 5.41 Å². The Kier molecular flexibility index (Phi) is 12.1. The van der Waals surface area contributed by atoms with E-state index in [4.69, 9.17) is 23.5 Å². The average molecular weight is 732 g/mol. The van der Waals surface area contributed by atoms with Crippen LogP contribution < -0.4 is 16.3 Å². The van der Waals surface area contributed by atoms with Crippen molar-refractivity contribution in [1.29, 1.82) is 0 Å². The number of hydroxylamine groups is 6. The van der Waals surface area contributed by atoms with Crippen molar-refractivity contribution in [2.75, 3.05) is 46.5 Å². The van der Waals surface area contributed by atoms with Gasteiger partial charge in [0.2, 0.25) is 0 Å². The third-order valence-corrected chi connectivity index (χ3v) is 8.94. The summed E-state index contributed by atoms with van der Waals surface area (Å²) >= 11 is 0. The molecule has 5 heterocycles. The Morgan fingerprint density at radius 1 is 0.854 bits per heavy atom. The molecule has 5 saturated heterocycles. The normalized spacial score (nSPS) is 28.2. The van der Waals surface area contributed by atoms with E-state index in [0.717, 1.165) is 13.0 Å². The van der Waals surface area contributed by atoms with Crippen molar-refractivity contribution in [2.24, 2.45) is 5.41 Å². The molecule has 4 bridgehead atoms. The molecule has 0 aromatic rings. The number of carbonyl (C=O) groups excluding carboxylic acids is 4. The van der Waals surface area contributed by atoms with Gasteiger partial charge in [-0.1, -0.05) is 13.8 Å². The van der Waals surface area contributed by atoms with Crippen LogP contribution >= 0.6 is 0 Å². The molecule has 5 fully saturated rings. The van der Waals surface area contributed by atoms with Gasteiger partial charge in [0.25, 0.3) is 11.8 Å². The molecule has 24 heteroatoms. The van der Waals surface area contributed by atoms with E-state index in [1.165, 1.54) is 16.9 Å². The van der Waals surface area contributed by atoms with Crippen LogP contribution in [0.2, 0.25) is 0 Å². The van der Waals surface area contributed by atoms with E-state index in [-0.39, 0.29) is 31.2 Å². The molecular formula is C24H41N7O15S2. The number of rotatable bonds is 12. The molecule has 5 aliphatic heterocycles. The van der Waals surface area contributed by atoms with Crippen LogP contribution in [0.15, 0.2) is 0 Å². The number of urea groups is 2. The molecule has 0 radical (unpaired) electrons. The van der Waals surface area contributed by atoms with Crippen LogP contribution in [-0.2, 0) is 53.4 Å². The Morgan fingerprint density at radius 2 is 1.35 bits per heavy atom. The maximum absolute atomic E-state index is 12.5. The van der Waals surface area contributed by atoms with Gasteiger partial charge in [-0.15, -0.1) is 8.57 Å². The van der Waals surface area contributed by atoms with Gasteiger partial charge in [0, 0.05) is 33.3 Å². The zero-order valence-corrected chi connectivity index (χ0v) is 28.1. The molecule has 5 atom stereocenters. The summed E-state index contributed by atoms with van der Waals surface area (Å²) in [5, 5.41) is 4.43. The second kappa shape index (κ2) is 15.3. The smallest absolute Gasteiger partial charge is 0.382 e. The topological polar surface area (TPSA) is 272 Å². The van der Waals surface area contributed by atoms with Crippen molar-refractivity contribution >= 4 is 44.7 Å². The Morgan fingerprint density at radius 3 is 1.81 bits per heavy atom. The molecule has 0 aromatic carbocycles. The number of piperidine rings is 3. The lowest BCUT2D eigenvalue weighted by Crippen LogP contribution is -2.52. The van der Waals surface area contributed by atoms with Gasteiger partial charge in [0.1, 0.15) is 12.1 Å². The minimum absolute atomic E-state index is 0.0598. The third-order valence-electron chi connectivity index (χ3n) is 8.24. The molecule has 6 amide bonds. The highest BCUT2D eigenvalue weighted by atomic mass is 32.3. The van der Waals surface area contributed by atoms with Gasteiger partial charge in [0.15, 0.2) is 0 Å². The van der Waals surface area contributed by atoms with Crippen LogP contribution in [0.3, 0.4) is 0 Å². The van der Waals surface area contributed by atoms with Crippen molar-refractivity contribution in [3.8, 4) is 0 Å². The van der Waals surface area contributed by atoms with E-state index in [1.54, 1.807) is 0 Å². The second-order valence-electron chi connectivity index (χ2n) is 12.5. The van der Waals surface area contributed by atoms with Gasteiger partial charge in [-0.25, -0.2) is 20.5 Å². The lowest BCUT2D eigenvalue weighted by molar-refractivity contribution is -0.146. The Bertz CT molecular complexity index is 1430. The molecule has 5 N–H and O–H groups in total. The second-order valence-corrected chi connectivity index (χ2v) is 14.5. The van der Waals surface area contributed by atoms with Crippen molar-refractivity contribution in [3.05, 3.63) is 0 Å². The summed E-state index contributed by atoms with van der Waals surface area (Å²) in [4.78, 5) is 61.6. The first-order valence-corrected chi connectivity index (χ1v) is 17.7. The highest BCUT2D eigenvalue weighted by molar-refractivity contribution is 7.81. The quantitative estimate of drug-likeness (QED) is 0.0834. The molecule has 5 aliphatic rings. The lowest BCUT2D eigenvalue weighted by Gasteiger charge is -2.36. The summed E-state index contributed by atoms with van der Waals surface area (Å²) < 4.78 is 74.1. The number of amides is 6. The zero-order valence-electron chi connectivity index (χ0n) is 26.5. The predicted octanol–water partition coefficient (Wildman–Crippen LogP) is -1.89. The summed E-state index contributed by atoms with van der Waals surface area (Å²) in [7, 11) is -8.12. The summed E-state index contributed by atoms with van der Waals surface area (Å²) in [6.07, 6.45) is 1.99. The molecule has 1 unspecified atom stereocenters. The van der Waals surface area contributed by atoms with E-state index in [0.29, 0.717) is 49.0 Å². The van der Waals surface area contributed by atoms with Crippen LogP contribution in [0.5, 0.6) is 0 Å². The molecule has 5 rings (SSSR count). The predicted molar refractivity (Wildman–Crippen MR) is 157 cm³/mol. The molecule has 48 heavy (non-hydrogen) atoms. The molecule has 0 spiro atoms. The van der Waals surface area contributed by atoms with Crippen molar-refractivity contribution in [1.82, 2.24) is 36.2 Å². The summed E-state index contributed by atoms with van der Waals surface area (Å²) in [5.41, 5.74) is 4.70. The number of fused-ring (bicyclic) bond motifs is 4. The van der Waals surface area contributed by atoms with Crippen molar-refractivity contribution in [2.45, 2.75) is 76.2 Å². The maximum Gasteiger partial charge on any atom is 0.418 e. The molecule has 0 aliphatic carbocycles. The van der Waals surface area contributed by atoms with Gasteiger partial charge in [0.05, 0.1) is 31.4 Å². The number of nitrogens with one attached hydrogen (secondary N) is 3. The van der Waals surface area contributed by atoms with Crippen LogP contribution in [-0.4, -0.2) is 147 Å². The van der Waals surface area contributed by atoms with E-state index < -0.39 is 68.8 Å². The van der Waals surface area contributed by atoms with Crippen molar-refractivity contribution < 1.29 is 68.1 Å². The number of nitrogens with zero attached hydrogens (tertiary/aromatic N) is 4. The fourth-order valence-electron chi connectivity index (χ4n) is 6.15. The van der Waals surface area contributed by atoms with Gasteiger partial charge in [-0.2, -0.15) is 27.0 Å². The third kappa shape index (κ3) is 9.82. The molecular weight excluding hydrogens is 690 g/mol. The average Bonchev–Trinajstić information content (AvgIpc) is 3.36. The molecule has 0 saturated carbocycles. The first-order valence-electron chi connectivity index (χ1n) is 15.0. The first-order chi connectivity index (χ1) is 22.4. The Labute approximate surface area is 277 Å². The number of carbonyl (C=O) groups is 4. The minimum atomic E-state index is -4.81. The fourth-order valence-corrected chi connectivity index (χ4v) is 6.93. The lowest BCUT2D eigenvalue weighted by atomic mass is 9.84. The van der Waals surface area contributed by atoms with E-state index >= 15 is 0 Å². The van der Waals surface area contributed by atoms with Crippen LogP contribution in [0.1, 0.15) is 46.0 Å². The summed E-state index contributed by atoms with van der Waals surface area (Å²) in [6, 6.07) is -4.20. The molecule has 0 aromatic heterocycles. The van der Waals surface area contributed by atoms with Gasteiger partial charge in [-0.05, 0) is 37.5 Å². The highest BCUT2D eigenvalue weighted by Gasteiger charge is 2.50. The number of methoxy groups -OCH3 is 1. The van der Waals surface area contributed by atoms with Gasteiger partial charge in [-0.3, -0.25) is 28.4 Å². The number of hydrogen-bond acceptors (Lipinski definition) is 14. The maximum atomic E-state index is 12.5. The standard InChI is InChI=1S/C14H24N4O7S.C10H17N3O8S/c1-14(2)5-10(6-15-8-14)24-16-12(19)11-4-3-9-7-17(11)13(20)18(9)25-26(21,22)23;1-19-4-5-20-11-9(14)8-3-2-7-6-12(8)10(15)13(7)21-22(16,17)18/h9-11,15H,3-8H2,1-2H3,(H,16,19)(H,21,22,23);7-8H,2-6H2,1H3,(H,11,14)(H,16,17,18)/t9-,10?,11+;7-,8+/m11/s1. The van der Waals surface area contributed by atoms with E-state index in [1.807, 2.05) is 0 Å². The van der Waals surface area contributed by atoms with Crippen LogP contribution in [0.4, 0.5) is 9.59 Å². The molecule has 274 valence electrons. The highest BCUT2D eigenvalue weighted by Crippen LogP contribution is 2.32. The number of ether oxygens (including phenoxy) is 1. The Balaban J connectivity index is 0.000000220. The van der Waals surface area contributed by atoms with Crippen molar-refractivity contribution in [3.63, 3.8) is 0 Å². The zero-order chi connectivity index (χ0) is 35.4. The van der Waals surface area contributed by atoms with E-state index in [9.17, 15) is 36.0 Å². The fraction of sp³-hybridized carbons (Fsp3) is 0.833. The minimum Gasteiger partial charge on any atom is -0.382 e. The first kappa shape index (κ1) is 37.9. The largest absolute Gasteiger partial charge is 0.418 e. The monoisotopic (exact) mass is 731 g/mol. The SMILES string of the molecule is CC1(C)CNCC(ONC(=O)[C@@H]2CC[C@@H]3CN2C(=O)N3OS(=O)(=O)O)C1.COCCONC(=O)[C@@H]1CC[C@@H]2CN1C(=O)N2OS(=O)(=O)O. The summed E-state index contributed by atoms with van der Waals surface area (Å²) in [5.74, 6) is -0.981.